The van der Waals surface area contributed by atoms with Gasteiger partial charge in [-0.05, 0) is 29.8 Å². The van der Waals surface area contributed by atoms with Crippen LogP contribution in [0.1, 0.15) is 21.6 Å². The monoisotopic (exact) mass is 387 g/mol. The van der Waals surface area contributed by atoms with Crippen molar-refractivity contribution in [3.63, 3.8) is 0 Å². The Morgan fingerprint density at radius 2 is 1.85 bits per heavy atom. The Morgan fingerprint density at radius 1 is 1.15 bits per heavy atom. The number of carboxylic acid groups (broad SMARTS) is 1. The number of phenols is 1. The predicted molar refractivity (Wildman–Crippen MR) is 86.1 cm³/mol. The summed E-state index contributed by atoms with van der Waals surface area (Å²) in [7, 11) is 0. The Morgan fingerprint density at radius 3 is 2.46 bits per heavy atom. The fourth-order valence-corrected chi connectivity index (χ4v) is 2.98. The Balaban J connectivity index is 2.18. The maximum atomic E-state index is 14.2. The largest absolute Gasteiger partial charge is 0.508 e. The molecule has 4 nitrogen and oxygen atoms in total. The molecular formula is C17H10ClF4NO3. The third kappa shape index (κ3) is 3.20. The SMILES string of the molecule is O=C(O)c1cc2cc(O)cc(F)c2n1Cc1ccc(Cl)c(C(F)(F)F)c1. The van der Waals surface area contributed by atoms with Crippen LogP contribution in [0.5, 0.6) is 5.75 Å². The number of phenolic OH excluding ortho intramolecular Hbond substituents is 1. The van der Waals surface area contributed by atoms with Crippen LogP contribution in [0, 0.1) is 5.82 Å². The summed E-state index contributed by atoms with van der Waals surface area (Å²) in [6, 6.07) is 6.25. The third-order valence-electron chi connectivity index (χ3n) is 3.83. The molecule has 0 aliphatic heterocycles. The molecule has 3 aromatic rings. The Bertz CT molecular complexity index is 1030. The molecule has 0 atom stereocenters. The van der Waals surface area contributed by atoms with Crippen molar-refractivity contribution in [3.05, 3.63) is 64.1 Å². The minimum atomic E-state index is -4.68. The second-order valence-electron chi connectivity index (χ2n) is 5.60. The number of rotatable bonds is 3. The van der Waals surface area contributed by atoms with Crippen LogP contribution in [0.25, 0.3) is 10.9 Å². The minimum Gasteiger partial charge on any atom is -0.508 e. The fraction of sp³-hybridized carbons (Fsp3) is 0.118. The van der Waals surface area contributed by atoms with Crippen molar-refractivity contribution in [2.75, 3.05) is 0 Å². The highest BCUT2D eigenvalue weighted by Crippen LogP contribution is 2.36. The fourth-order valence-electron chi connectivity index (χ4n) is 2.76. The van der Waals surface area contributed by atoms with E-state index in [1.165, 1.54) is 12.1 Å². The molecule has 0 fully saturated rings. The zero-order chi connectivity index (χ0) is 19.2. The second kappa shape index (κ2) is 6.21. The Hall–Kier alpha value is -2.74. The second-order valence-corrected chi connectivity index (χ2v) is 6.01. The van der Waals surface area contributed by atoms with Gasteiger partial charge in [0.05, 0.1) is 16.1 Å². The zero-order valence-electron chi connectivity index (χ0n) is 12.8. The molecule has 0 unspecified atom stereocenters. The molecule has 26 heavy (non-hydrogen) atoms. The van der Waals surface area contributed by atoms with Gasteiger partial charge in [-0.25, -0.2) is 9.18 Å². The number of carbonyl (C=O) groups is 1. The molecule has 0 aliphatic carbocycles. The van der Waals surface area contributed by atoms with Gasteiger partial charge < -0.3 is 14.8 Å². The summed E-state index contributed by atoms with van der Waals surface area (Å²) in [6.07, 6.45) is -4.68. The van der Waals surface area contributed by atoms with Gasteiger partial charge in [-0.3, -0.25) is 0 Å². The normalized spacial score (nSPS) is 11.9. The molecular weight excluding hydrogens is 378 g/mol. The number of halogens is 5. The van der Waals surface area contributed by atoms with Crippen molar-refractivity contribution in [2.45, 2.75) is 12.7 Å². The van der Waals surface area contributed by atoms with Crippen molar-refractivity contribution in [3.8, 4) is 5.75 Å². The van der Waals surface area contributed by atoms with Gasteiger partial charge >= 0.3 is 12.1 Å². The number of hydrogen-bond donors (Lipinski definition) is 2. The van der Waals surface area contributed by atoms with Crippen LogP contribution in [0.3, 0.4) is 0 Å². The van der Waals surface area contributed by atoms with E-state index >= 15 is 0 Å². The maximum Gasteiger partial charge on any atom is 0.417 e. The lowest BCUT2D eigenvalue weighted by atomic mass is 10.1. The average molecular weight is 388 g/mol. The summed E-state index contributed by atoms with van der Waals surface area (Å²) in [5, 5.41) is 18.4. The Kier molecular flexibility index (Phi) is 4.31. The highest BCUT2D eigenvalue weighted by Gasteiger charge is 2.33. The van der Waals surface area contributed by atoms with Crippen LogP contribution in [0.4, 0.5) is 17.6 Å². The third-order valence-corrected chi connectivity index (χ3v) is 4.16. The molecule has 0 radical (unpaired) electrons. The van der Waals surface area contributed by atoms with Crippen LogP contribution in [0.2, 0.25) is 5.02 Å². The van der Waals surface area contributed by atoms with Gasteiger partial charge in [-0.1, -0.05) is 17.7 Å². The van der Waals surface area contributed by atoms with Gasteiger partial charge in [0.2, 0.25) is 0 Å². The van der Waals surface area contributed by atoms with Gasteiger partial charge in [0.1, 0.15) is 11.4 Å². The van der Waals surface area contributed by atoms with E-state index in [9.17, 15) is 32.6 Å². The summed E-state index contributed by atoms with van der Waals surface area (Å²) < 4.78 is 54.3. The topological polar surface area (TPSA) is 62.5 Å². The maximum absolute atomic E-state index is 14.2. The van der Waals surface area contributed by atoms with Gasteiger partial charge in [-0.15, -0.1) is 0 Å². The molecule has 0 spiro atoms. The van der Waals surface area contributed by atoms with Crippen molar-refractivity contribution in [1.82, 2.24) is 4.57 Å². The molecule has 9 heteroatoms. The van der Waals surface area contributed by atoms with Crippen molar-refractivity contribution in [2.24, 2.45) is 0 Å². The van der Waals surface area contributed by atoms with Crippen molar-refractivity contribution >= 4 is 28.5 Å². The average Bonchev–Trinajstić information content (AvgIpc) is 2.86. The van der Waals surface area contributed by atoms with E-state index in [1.54, 1.807) is 0 Å². The van der Waals surface area contributed by atoms with Gasteiger partial charge in [-0.2, -0.15) is 13.2 Å². The summed E-state index contributed by atoms with van der Waals surface area (Å²) in [6.45, 7) is -0.326. The first-order valence-corrected chi connectivity index (χ1v) is 7.56. The number of aromatic carboxylic acids is 1. The lowest BCUT2D eigenvalue weighted by Gasteiger charge is -2.13. The molecule has 2 N–H and O–H groups in total. The van der Waals surface area contributed by atoms with E-state index in [0.29, 0.717) is 0 Å². The van der Waals surface area contributed by atoms with Crippen LogP contribution in [-0.2, 0) is 12.7 Å². The van der Waals surface area contributed by atoms with Crippen molar-refractivity contribution in [1.29, 1.82) is 0 Å². The van der Waals surface area contributed by atoms with Crippen LogP contribution in [-0.4, -0.2) is 20.7 Å². The predicted octanol–water partition coefficient (Wildman–Crippen LogP) is 4.90. The highest BCUT2D eigenvalue weighted by atomic mass is 35.5. The van der Waals surface area contributed by atoms with Crippen molar-refractivity contribution < 1.29 is 32.6 Å². The lowest BCUT2D eigenvalue weighted by molar-refractivity contribution is -0.137. The molecule has 2 aromatic carbocycles. The summed E-state index contributed by atoms with van der Waals surface area (Å²) in [5.74, 6) is -2.67. The molecule has 1 aromatic heterocycles. The number of fused-ring (bicyclic) bond motifs is 1. The van der Waals surface area contributed by atoms with Gasteiger partial charge in [0.25, 0.3) is 0 Å². The first-order chi connectivity index (χ1) is 12.1. The molecule has 1 heterocycles. The molecule has 3 rings (SSSR count). The molecule has 136 valence electrons. The Labute approximate surface area is 148 Å². The van der Waals surface area contributed by atoms with E-state index in [4.69, 9.17) is 11.6 Å². The van der Waals surface area contributed by atoms with E-state index in [1.807, 2.05) is 0 Å². The first kappa shape index (κ1) is 18.1. The van der Waals surface area contributed by atoms with Gasteiger partial charge in [0.15, 0.2) is 5.82 Å². The minimum absolute atomic E-state index is 0.0919. The summed E-state index contributed by atoms with van der Waals surface area (Å²) in [5.41, 5.74) is -1.44. The van der Waals surface area contributed by atoms with E-state index in [0.717, 1.165) is 28.8 Å². The van der Waals surface area contributed by atoms with E-state index in [2.05, 4.69) is 0 Å². The quantitative estimate of drug-likeness (QED) is 0.628. The number of benzene rings is 2. The number of aromatic nitrogens is 1. The van der Waals surface area contributed by atoms with Crippen LogP contribution in [0.15, 0.2) is 36.4 Å². The number of hydrogen-bond acceptors (Lipinski definition) is 2. The number of nitrogens with zero attached hydrogens (tertiary/aromatic N) is 1. The lowest BCUT2D eigenvalue weighted by Crippen LogP contribution is -2.12. The molecule has 0 bridgehead atoms. The summed E-state index contributed by atoms with van der Waals surface area (Å²) in [4.78, 5) is 11.5. The molecule has 0 amide bonds. The van der Waals surface area contributed by atoms with E-state index < -0.39 is 34.3 Å². The summed E-state index contributed by atoms with van der Waals surface area (Å²) >= 11 is 5.57. The van der Waals surface area contributed by atoms with Gasteiger partial charge in [0, 0.05) is 18.0 Å². The van der Waals surface area contributed by atoms with Crippen LogP contribution < -0.4 is 0 Å². The zero-order valence-corrected chi connectivity index (χ0v) is 13.6. The number of aromatic hydroxyl groups is 1. The number of alkyl halides is 3. The smallest absolute Gasteiger partial charge is 0.417 e. The van der Waals surface area contributed by atoms with E-state index in [-0.39, 0.29) is 28.7 Å². The van der Waals surface area contributed by atoms with Crippen LogP contribution >= 0.6 is 11.6 Å². The highest BCUT2D eigenvalue weighted by molar-refractivity contribution is 6.31. The molecule has 0 saturated heterocycles. The first-order valence-electron chi connectivity index (χ1n) is 7.18. The number of carboxylic acids is 1. The molecule has 0 saturated carbocycles. The standard InChI is InChI=1S/C17H10ClF4NO3/c18-12-2-1-8(3-11(12)17(20,21)22)7-23-14(16(25)26)5-9-4-10(24)6-13(19)15(9)23/h1-6,24H,7H2,(H,25,26). The molecule has 0 aliphatic rings.